The second kappa shape index (κ2) is 6.41. The Kier molecular flexibility index (Phi) is 4.74. The van der Waals surface area contributed by atoms with E-state index in [9.17, 15) is 23.1 Å². The molecule has 0 aliphatic rings. The average molecular weight is 338 g/mol. The predicted octanol–water partition coefficient (Wildman–Crippen LogP) is 0.713. The molecule has 23 heavy (non-hydrogen) atoms. The number of rotatable bonds is 6. The summed E-state index contributed by atoms with van der Waals surface area (Å²) in [6.45, 7) is 1.23. The Labute approximate surface area is 133 Å². The van der Waals surface area contributed by atoms with Crippen molar-refractivity contribution in [3.05, 3.63) is 36.0 Å². The lowest BCUT2D eigenvalue weighted by Crippen LogP contribution is -2.47. The molecular weight excluding hydrogens is 320 g/mol. The first-order chi connectivity index (χ1) is 10.7. The highest BCUT2D eigenvalue weighted by Crippen LogP contribution is 2.19. The van der Waals surface area contributed by atoms with Crippen LogP contribution in [0.4, 0.5) is 0 Å². The van der Waals surface area contributed by atoms with Crippen LogP contribution in [0.15, 0.2) is 30.5 Å². The van der Waals surface area contributed by atoms with E-state index in [1.807, 2.05) is 24.3 Å². The first-order valence-electron chi connectivity index (χ1n) is 6.97. The van der Waals surface area contributed by atoms with Gasteiger partial charge in [-0.05, 0) is 18.6 Å². The minimum absolute atomic E-state index is 0.0571. The van der Waals surface area contributed by atoms with Crippen LogP contribution in [0.25, 0.3) is 10.9 Å². The summed E-state index contributed by atoms with van der Waals surface area (Å²) in [6.07, 6.45) is 2.68. The van der Waals surface area contributed by atoms with E-state index >= 15 is 0 Å². The van der Waals surface area contributed by atoms with Crippen LogP contribution in [0.2, 0.25) is 0 Å². The fourth-order valence-corrected chi connectivity index (χ4v) is 2.66. The standard InChI is InChI=1S/C15H18N2O5S/c1-9(23(2,21)22)14(18)17-13(15(19)20)7-10-8-16-12-6-4-3-5-11(10)12/h3-6,8-9,13,16H,7H2,1-2H3,(H,17,18)(H,19,20). The molecular formula is C15H18N2O5S. The summed E-state index contributed by atoms with van der Waals surface area (Å²) in [6, 6.07) is 6.19. The number of hydrogen-bond acceptors (Lipinski definition) is 4. The number of para-hydroxylation sites is 1. The number of nitrogens with one attached hydrogen (secondary N) is 2. The normalized spacial score (nSPS) is 14.3. The molecule has 124 valence electrons. The maximum absolute atomic E-state index is 11.9. The zero-order valence-corrected chi connectivity index (χ0v) is 13.6. The minimum atomic E-state index is -3.58. The Morgan fingerprint density at radius 1 is 1.30 bits per heavy atom. The summed E-state index contributed by atoms with van der Waals surface area (Å²) in [7, 11) is -3.58. The number of carboxylic acids is 1. The van der Waals surface area contributed by atoms with Crippen molar-refractivity contribution in [2.24, 2.45) is 0 Å². The third-order valence-corrected chi connectivity index (χ3v) is 5.22. The molecule has 0 spiro atoms. The smallest absolute Gasteiger partial charge is 0.326 e. The van der Waals surface area contributed by atoms with E-state index in [-0.39, 0.29) is 6.42 Å². The number of carboxylic acid groups (broad SMARTS) is 1. The maximum atomic E-state index is 11.9. The van der Waals surface area contributed by atoms with E-state index in [2.05, 4.69) is 10.3 Å². The number of carbonyl (C=O) groups excluding carboxylic acids is 1. The second-order valence-corrected chi connectivity index (χ2v) is 7.80. The minimum Gasteiger partial charge on any atom is -0.480 e. The number of H-pyrrole nitrogens is 1. The summed E-state index contributed by atoms with van der Waals surface area (Å²) >= 11 is 0. The topological polar surface area (TPSA) is 116 Å². The summed E-state index contributed by atoms with van der Waals surface area (Å²) < 4.78 is 22.8. The van der Waals surface area contributed by atoms with Gasteiger partial charge in [-0.2, -0.15) is 0 Å². The molecule has 1 heterocycles. The number of hydrogen-bond donors (Lipinski definition) is 3. The molecule has 0 aliphatic carbocycles. The number of aromatic amines is 1. The van der Waals surface area contributed by atoms with Crippen molar-refractivity contribution in [2.75, 3.05) is 6.26 Å². The Bertz CT molecular complexity index is 840. The maximum Gasteiger partial charge on any atom is 0.326 e. The van der Waals surface area contributed by atoms with Crippen LogP contribution < -0.4 is 5.32 Å². The van der Waals surface area contributed by atoms with Crippen molar-refractivity contribution < 1.29 is 23.1 Å². The predicted molar refractivity (Wildman–Crippen MR) is 85.9 cm³/mol. The summed E-state index contributed by atoms with van der Waals surface area (Å²) in [5.74, 6) is -2.04. The molecule has 8 heteroatoms. The van der Waals surface area contributed by atoms with E-state index in [1.54, 1.807) is 6.20 Å². The van der Waals surface area contributed by atoms with Crippen molar-refractivity contribution in [1.29, 1.82) is 0 Å². The molecule has 3 N–H and O–H groups in total. The van der Waals surface area contributed by atoms with Crippen LogP contribution in [-0.4, -0.2) is 47.9 Å². The van der Waals surface area contributed by atoms with Gasteiger partial charge >= 0.3 is 5.97 Å². The van der Waals surface area contributed by atoms with E-state index < -0.39 is 33.0 Å². The van der Waals surface area contributed by atoms with Crippen LogP contribution in [-0.2, 0) is 25.8 Å². The average Bonchev–Trinajstić information content (AvgIpc) is 2.88. The number of carbonyl (C=O) groups is 2. The van der Waals surface area contributed by atoms with Gasteiger partial charge in [0.05, 0.1) is 0 Å². The first kappa shape index (κ1) is 17.0. The molecule has 2 unspecified atom stereocenters. The van der Waals surface area contributed by atoms with Crippen molar-refractivity contribution in [2.45, 2.75) is 24.6 Å². The van der Waals surface area contributed by atoms with Gasteiger partial charge in [0.2, 0.25) is 5.91 Å². The second-order valence-electron chi connectivity index (χ2n) is 5.43. The van der Waals surface area contributed by atoms with Gasteiger partial charge in [0.1, 0.15) is 11.3 Å². The van der Waals surface area contributed by atoms with Crippen molar-refractivity contribution in [3.63, 3.8) is 0 Å². The van der Waals surface area contributed by atoms with Crippen LogP contribution in [0.1, 0.15) is 12.5 Å². The van der Waals surface area contributed by atoms with Crippen LogP contribution in [0, 0.1) is 0 Å². The largest absolute Gasteiger partial charge is 0.480 e. The monoisotopic (exact) mass is 338 g/mol. The van der Waals surface area contributed by atoms with Crippen molar-refractivity contribution >= 4 is 32.6 Å². The molecule has 2 rings (SSSR count). The van der Waals surface area contributed by atoms with Gasteiger partial charge in [0, 0.05) is 29.8 Å². The highest BCUT2D eigenvalue weighted by Gasteiger charge is 2.28. The summed E-state index contributed by atoms with van der Waals surface area (Å²) in [5, 5.41) is 11.2. The highest BCUT2D eigenvalue weighted by atomic mass is 32.2. The number of fused-ring (bicyclic) bond motifs is 1. The van der Waals surface area contributed by atoms with Gasteiger partial charge in [0.25, 0.3) is 0 Å². The lowest BCUT2D eigenvalue weighted by atomic mass is 10.0. The Morgan fingerprint density at radius 2 is 1.96 bits per heavy atom. The number of aromatic nitrogens is 1. The molecule has 0 saturated carbocycles. The van der Waals surface area contributed by atoms with Crippen molar-refractivity contribution in [3.8, 4) is 0 Å². The molecule has 7 nitrogen and oxygen atoms in total. The summed E-state index contributed by atoms with van der Waals surface area (Å²) in [4.78, 5) is 26.4. The fraction of sp³-hybridized carbons (Fsp3) is 0.333. The van der Waals surface area contributed by atoms with Gasteiger partial charge in [-0.3, -0.25) is 4.79 Å². The zero-order chi connectivity index (χ0) is 17.2. The van der Waals surface area contributed by atoms with Gasteiger partial charge in [-0.15, -0.1) is 0 Å². The van der Waals surface area contributed by atoms with Crippen molar-refractivity contribution in [1.82, 2.24) is 10.3 Å². The molecule has 0 radical (unpaired) electrons. The number of aliphatic carboxylic acids is 1. The number of sulfone groups is 1. The Morgan fingerprint density at radius 3 is 2.57 bits per heavy atom. The lowest BCUT2D eigenvalue weighted by Gasteiger charge is -2.17. The molecule has 0 aliphatic heterocycles. The Balaban J connectivity index is 2.20. The van der Waals surface area contributed by atoms with Crippen LogP contribution in [0.3, 0.4) is 0 Å². The molecule has 0 bridgehead atoms. The molecule has 2 aromatic rings. The first-order valence-corrected chi connectivity index (χ1v) is 8.92. The van der Waals surface area contributed by atoms with Crippen LogP contribution >= 0.6 is 0 Å². The lowest BCUT2D eigenvalue weighted by molar-refractivity contribution is -0.141. The molecule has 0 saturated heterocycles. The Hall–Kier alpha value is -2.35. The van der Waals surface area contributed by atoms with E-state index in [0.29, 0.717) is 0 Å². The molecule has 2 atom stereocenters. The number of benzene rings is 1. The van der Waals surface area contributed by atoms with E-state index in [1.165, 1.54) is 6.92 Å². The van der Waals surface area contributed by atoms with Crippen LogP contribution in [0.5, 0.6) is 0 Å². The van der Waals surface area contributed by atoms with Gasteiger partial charge < -0.3 is 15.4 Å². The molecule has 0 fully saturated rings. The summed E-state index contributed by atoms with van der Waals surface area (Å²) in [5.41, 5.74) is 1.60. The zero-order valence-electron chi connectivity index (χ0n) is 12.7. The van der Waals surface area contributed by atoms with E-state index in [0.717, 1.165) is 22.7 Å². The van der Waals surface area contributed by atoms with Gasteiger partial charge in [-0.25, -0.2) is 13.2 Å². The fourth-order valence-electron chi connectivity index (χ4n) is 2.20. The van der Waals surface area contributed by atoms with Gasteiger partial charge in [0.15, 0.2) is 9.84 Å². The molecule has 1 aromatic heterocycles. The molecule has 1 amide bonds. The molecule has 1 aromatic carbocycles. The third-order valence-electron chi connectivity index (χ3n) is 3.72. The number of amides is 1. The van der Waals surface area contributed by atoms with E-state index in [4.69, 9.17) is 0 Å². The third kappa shape index (κ3) is 3.89. The highest BCUT2D eigenvalue weighted by molar-refractivity contribution is 7.92. The SMILES string of the molecule is CC(C(=O)NC(Cc1c[nH]c2ccccc12)C(=O)O)S(C)(=O)=O. The van der Waals surface area contributed by atoms with Gasteiger partial charge in [-0.1, -0.05) is 18.2 Å². The quantitative estimate of drug-likeness (QED) is 0.717.